The first kappa shape index (κ1) is 45.7. The van der Waals surface area contributed by atoms with Gasteiger partial charge in [0.15, 0.2) is 0 Å². The van der Waals surface area contributed by atoms with Crippen LogP contribution in [0.4, 0.5) is 23.2 Å². The summed E-state index contributed by atoms with van der Waals surface area (Å²) in [6, 6.07) is 21.8. The number of hydrogen-bond donors (Lipinski definition) is 3. The Morgan fingerprint density at radius 2 is 1.60 bits per heavy atom. The molecular formula is C47H52Cl2F4N2O5. The molecule has 4 aromatic carbocycles. The van der Waals surface area contributed by atoms with Crippen molar-refractivity contribution < 1.29 is 42.1 Å². The summed E-state index contributed by atoms with van der Waals surface area (Å²) in [6.45, 7) is 4.24. The number of anilines is 1. The van der Waals surface area contributed by atoms with Crippen LogP contribution in [0.1, 0.15) is 93.2 Å². The van der Waals surface area contributed by atoms with Crippen molar-refractivity contribution >= 4 is 41.1 Å². The van der Waals surface area contributed by atoms with Crippen molar-refractivity contribution in [1.82, 2.24) is 4.90 Å². The lowest BCUT2D eigenvalue weighted by Crippen LogP contribution is -2.70. The van der Waals surface area contributed by atoms with E-state index in [4.69, 9.17) is 33.0 Å². The van der Waals surface area contributed by atoms with Gasteiger partial charge in [-0.25, -0.2) is 8.78 Å². The fraction of sp³-hybridized carbons (Fsp3) is 0.447. The lowest BCUT2D eigenvalue weighted by molar-refractivity contribution is -0.157. The fourth-order valence-corrected chi connectivity index (χ4v) is 10.7. The second-order valence-corrected chi connectivity index (χ2v) is 17.6. The monoisotopic (exact) mass is 870 g/mol. The van der Waals surface area contributed by atoms with Gasteiger partial charge in [0.25, 0.3) is 0 Å². The van der Waals surface area contributed by atoms with Crippen molar-refractivity contribution in [2.45, 2.75) is 94.0 Å². The van der Waals surface area contributed by atoms with Crippen LogP contribution in [0, 0.1) is 23.0 Å². The van der Waals surface area contributed by atoms with Crippen molar-refractivity contribution in [3.05, 3.63) is 135 Å². The zero-order chi connectivity index (χ0) is 43.4. The normalized spacial score (nSPS) is 25.4. The summed E-state index contributed by atoms with van der Waals surface area (Å²) in [5, 5.41) is 23.5. The molecule has 1 amide bonds. The summed E-state index contributed by atoms with van der Waals surface area (Å²) in [4.78, 5) is 28.1. The number of rotatable bonds is 13. The molecule has 2 heterocycles. The predicted octanol–water partition coefficient (Wildman–Crippen LogP) is 10.3. The maximum atomic E-state index is 16.5. The number of ether oxygens (including phenoxy) is 1. The molecule has 2 saturated heterocycles. The quantitative estimate of drug-likeness (QED) is 0.0703. The maximum Gasteiger partial charge on any atom is 0.211 e. The number of halogens is 6. The van der Waals surface area contributed by atoms with Crippen molar-refractivity contribution in [2.75, 3.05) is 31.9 Å². The highest BCUT2D eigenvalue weighted by Gasteiger charge is 2.76. The largest absolute Gasteiger partial charge is 0.394 e. The number of aliphatic hydroxyl groups is 2. The average molecular weight is 872 g/mol. The highest BCUT2D eigenvalue weighted by Crippen LogP contribution is 2.72. The standard InChI is InChI=1S/C39H36Cl2F4N2O3.C8H16O2/c1-23(49)34-32(28-16-27(44)17-30(41)33(28)45)37(2,29-14-13-26(40)15-31(29)46-22-48)39(18-38(19-39,20-42)21-43)47(34)35(24-9-5-3-6-10-24)36(50)25-11-7-4-8-12-25;1-2-7-3-4-8(5-9)10-6-7/h3-17,22,32,34-36,50H,18-21H2,1-2H3,(H,46,48);7-9H,2-6H2,1H3/t32?,34-,35?,36?,37?;7?,8-/m00/s1. The molecule has 5 unspecified atom stereocenters. The molecule has 3 aliphatic rings. The van der Waals surface area contributed by atoms with Crippen LogP contribution in [0.25, 0.3) is 0 Å². The highest BCUT2D eigenvalue weighted by molar-refractivity contribution is 6.31. The van der Waals surface area contributed by atoms with E-state index in [2.05, 4.69) is 12.2 Å². The second kappa shape index (κ2) is 19.1. The number of Topliss-reactive ketones (excluding diaryl/α,β-unsaturated/α-hetero) is 1. The first-order chi connectivity index (χ1) is 28.7. The number of benzene rings is 4. The summed E-state index contributed by atoms with van der Waals surface area (Å²) in [5.41, 5.74) is -2.95. The first-order valence-corrected chi connectivity index (χ1v) is 21.1. The third-order valence-corrected chi connectivity index (χ3v) is 13.8. The lowest BCUT2D eigenvalue weighted by atomic mass is 9.45. The van der Waals surface area contributed by atoms with Gasteiger partial charge in [0, 0.05) is 39.6 Å². The Morgan fingerprint density at radius 3 is 2.13 bits per heavy atom. The van der Waals surface area contributed by atoms with Crippen molar-refractivity contribution in [1.29, 1.82) is 0 Å². The van der Waals surface area contributed by atoms with Crippen LogP contribution in [0.2, 0.25) is 10.0 Å². The van der Waals surface area contributed by atoms with Crippen LogP contribution >= 0.6 is 23.2 Å². The molecule has 3 N–H and O–H groups in total. The summed E-state index contributed by atoms with van der Waals surface area (Å²) in [7, 11) is 0. The molecular weight excluding hydrogens is 819 g/mol. The average Bonchev–Trinajstić information content (AvgIpc) is 3.47. The van der Waals surface area contributed by atoms with E-state index in [1.165, 1.54) is 25.8 Å². The molecule has 322 valence electrons. The number of carbonyl (C=O) groups excluding carboxylic acids is 2. The Morgan fingerprint density at radius 1 is 0.967 bits per heavy atom. The van der Waals surface area contributed by atoms with Crippen LogP contribution in [0.3, 0.4) is 0 Å². The van der Waals surface area contributed by atoms with E-state index in [0.717, 1.165) is 31.1 Å². The van der Waals surface area contributed by atoms with E-state index >= 15 is 8.78 Å². The maximum absolute atomic E-state index is 16.5. The molecule has 7 rings (SSSR count). The molecule has 1 aliphatic carbocycles. The molecule has 13 heteroatoms. The molecule has 60 heavy (non-hydrogen) atoms. The van der Waals surface area contributed by atoms with E-state index in [0.29, 0.717) is 23.1 Å². The highest BCUT2D eigenvalue weighted by atomic mass is 35.5. The van der Waals surface area contributed by atoms with E-state index in [-0.39, 0.29) is 41.8 Å². The van der Waals surface area contributed by atoms with Crippen LogP contribution in [0.5, 0.6) is 0 Å². The van der Waals surface area contributed by atoms with Crippen molar-refractivity contribution in [3.8, 4) is 0 Å². The Labute approximate surface area is 359 Å². The molecule has 3 fully saturated rings. The minimum atomic E-state index is -1.51. The third kappa shape index (κ3) is 8.38. The number of amides is 1. The summed E-state index contributed by atoms with van der Waals surface area (Å²) in [6.07, 6.45) is 2.40. The van der Waals surface area contributed by atoms with Crippen LogP contribution < -0.4 is 5.32 Å². The molecule has 1 saturated carbocycles. The third-order valence-electron chi connectivity index (χ3n) is 13.3. The van der Waals surface area contributed by atoms with Gasteiger partial charge in [0.1, 0.15) is 17.4 Å². The van der Waals surface area contributed by atoms with Gasteiger partial charge < -0.3 is 20.3 Å². The number of nitrogens with one attached hydrogen (secondary N) is 1. The number of carbonyl (C=O) groups is 2. The van der Waals surface area contributed by atoms with Crippen molar-refractivity contribution in [3.63, 3.8) is 0 Å². The van der Waals surface area contributed by atoms with Crippen molar-refractivity contribution in [2.24, 2.45) is 11.3 Å². The van der Waals surface area contributed by atoms with E-state index in [9.17, 15) is 23.5 Å². The molecule has 2 aliphatic heterocycles. The topological polar surface area (TPSA) is 99.1 Å². The number of aliphatic hydroxyl groups excluding tert-OH is 2. The minimum absolute atomic E-state index is 0.128. The Balaban J connectivity index is 0.000000529. The number of likely N-dealkylation sites (tertiary alicyclic amines) is 1. The number of nitrogens with zero attached hydrogens (tertiary/aromatic N) is 1. The molecule has 0 radical (unpaired) electrons. The molecule has 4 aromatic rings. The van der Waals surface area contributed by atoms with E-state index in [1.54, 1.807) is 84.6 Å². The summed E-state index contributed by atoms with van der Waals surface area (Å²) < 4.78 is 67.1. The molecule has 7 atom stereocenters. The van der Waals surface area contributed by atoms with E-state index in [1.807, 2.05) is 0 Å². The summed E-state index contributed by atoms with van der Waals surface area (Å²) in [5.74, 6) is -2.80. The smallest absolute Gasteiger partial charge is 0.211 e. The second-order valence-electron chi connectivity index (χ2n) is 16.7. The zero-order valence-electron chi connectivity index (χ0n) is 33.9. The first-order valence-electron chi connectivity index (χ1n) is 20.3. The van der Waals surface area contributed by atoms with Gasteiger partial charge >= 0.3 is 0 Å². The molecule has 1 spiro atoms. The molecule has 0 aromatic heterocycles. The SMILES string of the molecule is CC(=O)[C@H]1C(c2cc(F)cc(Cl)c2F)C(C)(c2ccc(Cl)cc2NC=O)C2(CC(CF)(CF)C2)N1C(c1ccccc1)C(O)c1ccccc1.CCC1CC[C@@H](CO)OC1. The van der Waals surface area contributed by atoms with Gasteiger partial charge in [-0.15, -0.1) is 0 Å². The van der Waals surface area contributed by atoms with Gasteiger partial charge in [0.05, 0.1) is 49.3 Å². The molecule has 7 nitrogen and oxygen atoms in total. The van der Waals surface area contributed by atoms with Gasteiger partial charge in [-0.05, 0) is 85.0 Å². The number of ketones is 1. The lowest BCUT2D eigenvalue weighted by Gasteiger charge is -2.64. The van der Waals surface area contributed by atoms with Crippen LogP contribution in [-0.2, 0) is 19.7 Å². The zero-order valence-corrected chi connectivity index (χ0v) is 35.4. The van der Waals surface area contributed by atoms with Gasteiger partial charge in [-0.2, -0.15) is 0 Å². The van der Waals surface area contributed by atoms with Gasteiger partial charge in [-0.3, -0.25) is 23.3 Å². The Kier molecular flexibility index (Phi) is 14.5. The van der Waals surface area contributed by atoms with Crippen LogP contribution in [0.15, 0.2) is 91.0 Å². The Hall–Kier alpha value is -3.84. The molecule has 0 bridgehead atoms. The van der Waals surface area contributed by atoms with Crippen LogP contribution in [-0.4, -0.2) is 71.6 Å². The fourth-order valence-electron chi connectivity index (χ4n) is 10.3. The number of hydrogen-bond acceptors (Lipinski definition) is 6. The minimum Gasteiger partial charge on any atom is -0.394 e. The predicted molar refractivity (Wildman–Crippen MR) is 226 cm³/mol. The number of alkyl halides is 2. The van der Waals surface area contributed by atoms with Gasteiger partial charge in [-0.1, -0.05) is 110 Å². The Bertz CT molecular complexity index is 2080. The summed E-state index contributed by atoms with van der Waals surface area (Å²) >= 11 is 12.7. The van der Waals surface area contributed by atoms with Gasteiger partial charge in [0.2, 0.25) is 6.41 Å². The van der Waals surface area contributed by atoms with E-state index < -0.39 is 76.3 Å².